The van der Waals surface area contributed by atoms with Crippen molar-refractivity contribution in [2.45, 2.75) is 32.4 Å². The van der Waals surface area contributed by atoms with E-state index >= 15 is 0 Å². The van der Waals surface area contributed by atoms with Crippen LogP contribution in [0.1, 0.15) is 25.3 Å². The Labute approximate surface area is 156 Å². The van der Waals surface area contributed by atoms with Gasteiger partial charge in [0.1, 0.15) is 0 Å². The summed E-state index contributed by atoms with van der Waals surface area (Å²) in [6.45, 7) is 6.02. The van der Waals surface area contributed by atoms with Gasteiger partial charge in [-0.25, -0.2) is 0 Å². The van der Waals surface area contributed by atoms with E-state index in [-0.39, 0.29) is 30.8 Å². The Kier molecular flexibility index (Phi) is 9.49. The lowest BCUT2D eigenvalue weighted by Gasteiger charge is -2.34. The number of nitrogens with one attached hydrogen (secondary N) is 1. The van der Waals surface area contributed by atoms with Crippen LogP contribution in [0, 0.1) is 0 Å². The number of amides is 2. The van der Waals surface area contributed by atoms with Crippen molar-refractivity contribution in [2.75, 3.05) is 32.7 Å². The first-order valence-corrected chi connectivity index (χ1v) is 8.67. The van der Waals surface area contributed by atoms with Gasteiger partial charge in [0.15, 0.2) is 0 Å². The van der Waals surface area contributed by atoms with Gasteiger partial charge in [0.2, 0.25) is 11.8 Å². The zero-order chi connectivity index (χ0) is 17.4. The molecule has 0 aliphatic carbocycles. The highest BCUT2D eigenvalue weighted by molar-refractivity contribution is 5.87. The second-order valence-electron chi connectivity index (χ2n) is 6.26. The summed E-state index contributed by atoms with van der Waals surface area (Å²) in [4.78, 5) is 28.1. The molecule has 0 bridgehead atoms. The van der Waals surface area contributed by atoms with E-state index in [1.807, 2.05) is 30.0 Å². The quantitative estimate of drug-likeness (QED) is 0.752. The third-order valence-electron chi connectivity index (χ3n) is 4.32. The second kappa shape index (κ2) is 11.1. The maximum atomic E-state index is 12.2. The van der Waals surface area contributed by atoms with E-state index in [0.29, 0.717) is 19.5 Å². The van der Waals surface area contributed by atoms with E-state index in [0.717, 1.165) is 26.1 Å². The average molecular weight is 369 g/mol. The molecular formula is C18H29ClN4O2. The minimum absolute atomic E-state index is 0. The standard InChI is InChI=1S/C18H28N4O2.ClH/c1-2-6-16(19)18(24)20-13-17(23)22-11-9-21(10-12-22)14-15-7-4-3-5-8-15;/h3-5,7-8,16H,2,6,9-14,19H2,1H3,(H,20,24);1H. The van der Waals surface area contributed by atoms with Crippen LogP contribution in [-0.2, 0) is 16.1 Å². The van der Waals surface area contributed by atoms with Crippen LogP contribution >= 0.6 is 12.4 Å². The van der Waals surface area contributed by atoms with Crippen LogP contribution in [0.3, 0.4) is 0 Å². The number of piperazine rings is 1. The second-order valence-corrected chi connectivity index (χ2v) is 6.26. The van der Waals surface area contributed by atoms with E-state index in [4.69, 9.17) is 5.73 Å². The molecule has 3 N–H and O–H groups in total. The fraction of sp³-hybridized carbons (Fsp3) is 0.556. The van der Waals surface area contributed by atoms with Crippen LogP contribution in [0.25, 0.3) is 0 Å². The molecule has 2 amide bonds. The summed E-state index contributed by atoms with van der Waals surface area (Å²) in [6, 6.07) is 9.81. The highest BCUT2D eigenvalue weighted by Gasteiger charge is 2.22. The van der Waals surface area contributed by atoms with Gasteiger partial charge in [0.25, 0.3) is 0 Å². The first-order chi connectivity index (χ1) is 11.6. The highest BCUT2D eigenvalue weighted by Crippen LogP contribution is 2.08. The predicted molar refractivity (Wildman–Crippen MR) is 101 cm³/mol. The van der Waals surface area contributed by atoms with Crippen LogP contribution in [0.15, 0.2) is 30.3 Å². The molecule has 1 unspecified atom stereocenters. The van der Waals surface area contributed by atoms with Gasteiger partial charge in [0.05, 0.1) is 12.6 Å². The Morgan fingerprint density at radius 2 is 1.80 bits per heavy atom. The molecule has 1 heterocycles. The molecule has 2 rings (SSSR count). The zero-order valence-electron chi connectivity index (χ0n) is 14.8. The van der Waals surface area contributed by atoms with Crippen molar-refractivity contribution in [3.8, 4) is 0 Å². The first kappa shape index (κ1) is 21.4. The topological polar surface area (TPSA) is 78.7 Å². The highest BCUT2D eigenvalue weighted by atomic mass is 35.5. The number of carbonyl (C=O) groups excluding carboxylic acids is 2. The van der Waals surface area contributed by atoms with Gasteiger partial charge in [0, 0.05) is 32.7 Å². The molecular weight excluding hydrogens is 340 g/mol. The zero-order valence-corrected chi connectivity index (χ0v) is 15.6. The summed E-state index contributed by atoms with van der Waals surface area (Å²) in [7, 11) is 0. The first-order valence-electron chi connectivity index (χ1n) is 8.67. The fourth-order valence-electron chi connectivity index (χ4n) is 2.84. The molecule has 0 radical (unpaired) electrons. The Bertz CT molecular complexity index is 533. The number of rotatable bonds is 7. The number of nitrogens with two attached hydrogens (primary N) is 1. The molecule has 0 spiro atoms. The Hall–Kier alpha value is -1.63. The molecule has 0 saturated carbocycles. The van der Waals surface area contributed by atoms with Crippen molar-refractivity contribution >= 4 is 24.2 Å². The third-order valence-corrected chi connectivity index (χ3v) is 4.32. The summed E-state index contributed by atoms with van der Waals surface area (Å²) in [5.74, 6) is -0.278. The van der Waals surface area contributed by atoms with Crippen LogP contribution in [0.4, 0.5) is 0 Å². The largest absolute Gasteiger partial charge is 0.346 e. The lowest BCUT2D eigenvalue weighted by molar-refractivity contribution is -0.134. The van der Waals surface area contributed by atoms with Gasteiger partial charge < -0.3 is 16.0 Å². The molecule has 140 valence electrons. The van der Waals surface area contributed by atoms with Gasteiger partial charge in [-0.1, -0.05) is 43.7 Å². The summed E-state index contributed by atoms with van der Waals surface area (Å²) in [6.07, 6.45) is 1.49. The predicted octanol–water partition coefficient (Wildman–Crippen LogP) is 0.996. The minimum Gasteiger partial charge on any atom is -0.346 e. The van der Waals surface area contributed by atoms with E-state index in [9.17, 15) is 9.59 Å². The summed E-state index contributed by atoms with van der Waals surface area (Å²) < 4.78 is 0. The molecule has 1 saturated heterocycles. The monoisotopic (exact) mass is 368 g/mol. The third kappa shape index (κ3) is 7.02. The van der Waals surface area contributed by atoms with Crippen molar-refractivity contribution in [3.05, 3.63) is 35.9 Å². The number of hydrogen-bond donors (Lipinski definition) is 2. The molecule has 1 aliphatic rings. The van der Waals surface area contributed by atoms with Crippen molar-refractivity contribution in [3.63, 3.8) is 0 Å². The number of halogens is 1. The van der Waals surface area contributed by atoms with Gasteiger partial charge in [-0.2, -0.15) is 0 Å². The van der Waals surface area contributed by atoms with Crippen molar-refractivity contribution in [1.82, 2.24) is 15.1 Å². The number of carbonyl (C=O) groups is 2. The molecule has 1 fully saturated rings. The van der Waals surface area contributed by atoms with Gasteiger partial charge in [-0.05, 0) is 12.0 Å². The normalized spacial score (nSPS) is 16.0. The van der Waals surface area contributed by atoms with Crippen molar-refractivity contribution in [2.24, 2.45) is 5.73 Å². The molecule has 25 heavy (non-hydrogen) atoms. The molecule has 6 nitrogen and oxygen atoms in total. The lowest BCUT2D eigenvalue weighted by atomic mass is 10.1. The van der Waals surface area contributed by atoms with E-state index in [1.54, 1.807) is 0 Å². The van der Waals surface area contributed by atoms with E-state index in [2.05, 4.69) is 22.3 Å². The lowest BCUT2D eigenvalue weighted by Crippen LogP contribution is -2.52. The van der Waals surface area contributed by atoms with Crippen LogP contribution in [0.2, 0.25) is 0 Å². The van der Waals surface area contributed by atoms with Gasteiger partial charge >= 0.3 is 0 Å². The molecule has 7 heteroatoms. The molecule has 1 aliphatic heterocycles. The van der Waals surface area contributed by atoms with Crippen LogP contribution in [0.5, 0.6) is 0 Å². The Morgan fingerprint density at radius 3 is 2.40 bits per heavy atom. The molecule has 0 aromatic heterocycles. The van der Waals surface area contributed by atoms with Gasteiger partial charge in [-0.15, -0.1) is 12.4 Å². The molecule has 1 atom stereocenters. The van der Waals surface area contributed by atoms with Crippen molar-refractivity contribution < 1.29 is 9.59 Å². The van der Waals surface area contributed by atoms with Crippen LogP contribution in [-0.4, -0.2) is 60.4 Å². The summed E-state index contributed by atoms with van der Waals surface area (Å²) in [5.41, 5.74) is 7.03. The number of benzene rings is 1. The van der Waals surface area contributed by atoms with Gasteiger partial charge in [-0.3, -0.25) is 14.5 Å². The van der Waals surface area contributed by atoms with Crippen LogP contribution < -0.4 is 11.1 Å². The number of hydrogen-bond acceptors (Lipinski definition) is 4. The maximum absolute atomic E-state index is 12.2. The summed E-state index contributed by atoms with van der Waals surface area (Å²) in [5, 5.41) is 2.65. The fourth-order valence-corrected chi connectivity index (χ4v) is 2.84. The average Bonchev–Trinajstić information content (AvgIpc) is 2.61. The maximum Gasteiger partial charge on any atom is 0.242 e. The van der Waals surface area contributed by atoms with E-state index < -0.39 is 6.04 Å². The molecule has 1 aromatic rings. The Balaban J connectivity index is 0.00000312. The molecule has 1 aromatic carbocycles. The number of nitrogens with zero attached hydrogens (tertiary/aromatic N) is 2. The summed E-state index contributed by atoms with van der Waals surface area (Å²) >= 11 is 0. The van der Waals surface area contributed by atoms with E-state index in [1.165, 1.54) is 5.56 Å². The minimum atomic E-state index is -0.523. The smallest absolute Gasteiger partial charge is 0.242 e. The SMILES string of the molecule is CCCC(N)C(=O)NCC(=O)N1CCN(Cc2ccccc2)CC1.Cl. The Morgan fingerprint density at radius 1 is 1.16 bits per heavy atom. The van der Waals surface area contributed by atoms with Crippen molar-refractivity contribution in [1.29, 1.82) is 0 Å².